The number of unbranched alkanes of at least 4 members (excludes halogenated alkanes) is 1. The summed E-state index contributed by atoms with van der Waals surface area (Å²) in [5.74, 6) is 0.0294. The minimum absolute atomic E-state index is 0.0654. The van der Waals surface area contributed by atoms with Gasteiger partial charge in [-0.3, -0.25) is 9.59 Å². The van der Waals surface area contributed by atoms with Gasteiger partial charge in [0.25, 0.3) is 5.91 Å². The lowest BCUT2D eigenvalue weighted by atomic mass is 9.92. The molecule has 0 unspecified atom stereocenters. The van der Waals surface area contributed by atoms with Crippen LogP contribution in [0.4, 0.5) is 5.82 Å². The third-order valence-electron chi connectivity index (χ3n) is 5.59. The number of aryl methyl sites for hydroxylation is 1. The lowest BCUT2D eigenvalue weighted by Gasteiger charge is -2.22. The van der Waals surface area contributed by atoms with Crippen LogP contribution < -0.4 is 5.32 Å². The summed E-state index contributed by atoms with van der Waals surface area (Å²) in [5.41, 5.74) is 2.87. The Kier molecular flexibility index (Phi) is 8.62. The van der Waals surface area contributed by atoms with E-state index in [2.05, 4.69) is 12.2 Å². The van der Waals surface area contributed by atoms with Crippen molar-refractivity contribution in [1.82, 2.24) is 14.7 Å². The first-order chi connectivity index (χ1) is 16.5. The number of hydrogen-bond acceptors (Lipinski definition) is 3. The molecule has 0 saturated heterocycles. The highest BCUT2D eigenvalue weighted by Gasteiger charge is 2.23. The molecule has 0 bridgehead atoms. The first-order valence-corrected chi connectivity index (χ1v) is 12.5. The molecule has 6 nitrogen and oxygen atoms in total. The second kappa shape index (κ2) is 11.3. The summed E-state index contributed by atoms with van der Waals surface area (Å²) in [6, 6.07) is 14.4. The highest BCUT2D eigenvalue weighted by molar-refractivity contribution is 6.42. The number of hydrogen-bond donors (Lipinski definition) is 1. The minimum atomic E-state index is -0.303. The SMILES string of the molecule is CCCCN(CC(=O)Nc1cc(C(C)(C)C)nn1-c1ccc(Cl)c(Cl)c1)C(=O)c1ccc(C)cc1. The van der Waals surface area contributed by atoms with Crippen molar-refractivity contribution in [3.05, 3.63) is 75.4 Å². The standard InChI is InChI=1S/C27H32Cl2N4O2/c1-6-7-14-32(26(35)19-10-8-18(2)9-11-19)17-25(34)30-24-16-23(27(3,4)5)31-33(24)20-12-13-21(28)22(29)15-20/h8-13,15-16H,6-7,14,17H2,1-5H3,(H,30,34). The van der Waals surface area contributed by atoms with E-state index < -0.39 is 0 Å². The fourth-order valence-electron chi connectivity index (χ4n) is 3.49. The minimum Gasteiger partial charge on any atom is -0.329 e. The first kappa shape index (κ1) is 26.8. The van der Waals surface area contributed by atoms with Crippen molar-refractivity contribution >= 4 is 40.8 Å². The van der Waals surface area contributed by atoms with Crippen LogP contribution in [-0.4, -0.2) is 39.6 Å². The molecule has 0 radical (unpaired) electrons. The van der Waals surface area contributed by atoms with Crippen LogP contribution in [0, 0.1) is 6.92 Å². The Bertz CT molecular complexity index is 1200. The summed E-state index contributed by atoms with van der Waals surface area (Å²) in [6.07, 6.45) is 1.72. The van der Waals surface area contributed by atoms with Gasteiger partial charge in [0, 0.05) is 23.6 Å². The summed E-state index contributed by atoms with van der Waals surface area (Å²) in [4.78, 5) is 27.9. The Hall–Kier alpha value is -2.83. The molecule has 0 fully saturated rings. The van der Waals surface area contributed by atoms with Gasteiger partial charge in [0.1, 0.15) is 12.4 Å². The van der Waals surface area contributed by atoms with Gasteiger partial charge < -0.3 is 10.2 Å². The number of carbonyl (C=O) groups is 2. The van der Waals surface area contributed by atoms with E-state index in [0.717, 1.165) is 24.1 Å². The molecular formula is C27H32Cl2N4O2. The number of carbonyl (C=O) groups excluding carboxylic acids is 2. The highest BCUT2D eigenvalue weighted by atomic mass is 35.5. The molecule has 0 saturated carbocycles. The topological polar surface area (TPSA) is 67.2 Å². The maximum atomic E-state index is 13.1. The molecule has 2 aromatic carbocycles. The summed E-state index contributed by atoms with van der Waals surface area (Å²) < 4.78 is 1.64. The molecule has 3 aromatic rings. The van der Waals surface area contributed by atoms with Crippen molar-refractivity contribution < 1.29 is 9.59 Å². The van der Waals surface area contributed by atoms with Gasteiger partial charge in [-0.15, -0.1) is 0 Å². The molecule has 0 aliphatic carbocycles. The first-order valence-electron chi connectivity index (χ1n) is 11.7. The number of anilines is 1. The second-order valence-electron chi connectivity index (χ2n) is 9.67. The average molecular weight is 515 g/mol. The monoisotopic (exact) mass is 514 g/mol. The lowest BCUT2D eigenvalue weighted by molar-refractivity contribution is -0.117. The van der Waals surface area contributed by atoms with Crippen molar-refractivity contribution in [2.75, 3.05) is 18.4 Å². The summed E-state index contributed by atoms with van der Waals surface area (Å²) >= 11 is 12.3. The summed E-state index contributed by atoms with van der Waals surface area (Å²) in [5, 5.41) is 8.49. The van der Waals surface area contributed by atoms with E-state index in [9.17, 15) is 9.59 Å². The van der Waals surface area contributed by atoms with Crippen molar-refractivity contribution in [3.8, 4) is 5.69 Å². The van der Waals surface area contributed by atoms with Crippen LogP contribution >= 0.6 is 23.2 Å². The van der Waals surface area contributed by atoms with Gasteiger partial charge in [0.15, 0.2) is 0 Å². The Morgan fingerprint density at radius 2 is 1.71 bits per heavy atom. The number of benzene rings is 2. The third-order valence-corrected chi connectivity index (χ3v) is 6.33. The predicted octanol–water partition coefficient (Wildman–Crippen LogP) is 6.67. The maximum absolute atomic E-state index is 13.1. The quantitative estimate of drug-likeness (QED) is 0.365. The molecular weight excluding hydrogens is 483 g/mol. The molecule has 0 aliphatic heterocycles. The van der Waals surface area contributed by atoms with Gasteiger partial charge in [-0.05, 0) is 43.7 Å². The van der Waals surface area contributed by atoms with E-state index in [-0.39, 0.29) is 23.8 Å². The van der Waals surface area contributed by atoms with E-state index in [1.165, 1.54) is 0 Å². The summed E-state index contributed by atoms with van der Waals surface area (Å²) in [6.45, 7) is 10.6. The van der Waals surface area contributed by atoms with Gasteiger partial charge in [-0.2, -0.15) is 5.10 Å². The predicted molar refractivity (Wildman–Crippen MR) is 143 cm³/mol. The van der Waals surface area contributed by atoms with Crippen molar-refractivity contribution in [2.24, 2.45) is 0 Å². The molecule has 35 heavy (non-hydrogen) atoms. The Morgan fingerprint density at radius 3 is 2.31 bits per heavy atom. The van der Waals surface area contributed by atoms with Gasteiger partial charge in [-0.1, -0.05) is 75.0 Å². The van der Waals surface area contributed by atoms with Crippen molar-refractivity contribution in [1.29, 1.82) is 0 Å². The number of rotatable bonds is 8. The molecule has 0 spiro atoms. The van der Waals surface area contributed by atoms with Crippen LogP contribution in [0.2, 0.25) is 10.0 Å². The van der Waals surface area contributed by atoms with Gasteiger partial charge >= 0.3 is 0 Å². The fourth-order valence-corrected chi connectivity index (χ4v) is 3.78. The zero-order valence-electron chi connectivity index (χ0n) is 20.9. The van der Waals surface area contributed by atoms with Crippen LogP contribution in [0.1, 0.15) is 62.2 Å². The van der Waals surface area contributed by atoms with Gasteiger partial charge in [-0.25, -0.2) is 4.68 Å². The van der Waals surface area contributed by atoms with Gasteiger partial charge in [0.05, 0.1) is 21.4 Å². The Balaban J connectivity index is 1.87. The maximum Gasteiger partial charge on any atom is 0.254 e. The number of nitrogens with one attached hydrogen (secondary N) is 1. The summed E-state index contributed by atoms with van der Waals surface area (Å²) in [7, 11) is 0. The number of aromatic nitrogens is 2. The molecule has 3 rings (SSSR count). The van der Waals surface area contributed by atoms with E-state index >= 15 is 0 Å². The van der Waals surface area contributed by atoms with Gasteiger partial charge in [0.2, 0.25) is 5.91 Å². The number of amides is 2. The molecule has 0 aliphatic rings. The van der Waals surface area contributed by atoms with Crippen molar-refractivity contribution in [2.45, 2.75) is 52.9 Å². The molecule has 1 heterocycles. The van der Waals surface area contributed by atoms with E-state index in [1.807, 2.05) is 45.9 Å². The number of nitrogens with zero attached hydrogens (tertiary/aromatic N) is 3. The third kappa shape index (κ3) is 6.86. The molecule has 186 valence electrons. The Morgan fingerprint density at radius 1 is 1.03 bits per heavy atom. The number of halogens is 2. The fraction of sp³-hybridized carbons (Fsp3) is 0.370. The van der Waals surface area contributed by atoms with Crippen LogP contribution in [-0.2, 0) is 10.2 Å². The second-order valence-corrected chi connectivity index (χ2v) is 10.5. The van der Waals surface area contributed by atoms with Crippen molar-refractivity contribution in [3.63, 3.8) is 0 Å². The zero-order chi connectivity index (χ0) is 25.8. The largest absolute Gasteiger partial charge is 0.329 e. The highest BCUT2D eigenvalue weighted by Crippen LogP contribution is 2.29. The molecule has 1 N–H and O–H groups in total. The van der Waals surface area contributed by atoms with Crippen LogP contribution in [0.5, 0.6) is 0 Å². The smallest absolute Gasteiger partial charge is 0.254 e. The van der Waals surface area contributed by atoms with Crippen LogP contribution in [0.25, 0.3) is 5.69 Å². The normalized spacial score (nSPS) is 11.4. The van der Waals surface area contributed by atoms with E-state index in [1.54, 1.807) is 39.9 Å². The zero-order valence-corrected chi connectivity index (χ0v) is 22.4. The average Bonchev–Trinajstić information content (AvgIpc) is 3.22. The molecule has 8 heteroatoms. The molecule has 1 aromatic heterocycles. The van der Waals surface area contributed by atoms with E-state index in [0.29, 0.717) is 33.7 Å². The van der Waals surface area contributed by atoms with E-state index in [4.69, 9.17) is 28.3 Å². The van der Waals surface area contributed by atoms with Crippen LogP contribution in [0.3, 0.4) is 0 Å². The Labute approximate surface area is 217 Å². The van der Waals surface area contributed by atoms with Crippen LogP contribution in [0.15, 0.2) is 48.5 Å². The molecule has 2 amide bonds. The lowest BCUT2D eigenvalue weighted by Crippen LogP contribution is -2.39. The molecule has 0 atom stereocenters.